The molecular weight excluding hydrogens is 282 g/mol. The van der Waals surface area contributed by atoms with E-state index in [-0.39, 0.29) is 0 Å². The normalized spacial score (nSPS) is 20.2. The summed E-state index contributed by atoms with van der Waals surface area (Å²) in [5.74, 6) is 1.65. The van der Waals surface area contributed by atoms with Gasteiger partial charge in [0.25, 0.3) is 0 Å². The summed E-state index contributed by atoms with van der Waals surface area (Å²) in [7, 11) is 0. The molecule has 1 aromatic rings. The Morgan fingerprint density at radius 3 is 3.06 bits per heavy atom. The van der Waals surface area contributed by atoms with Crippen LogP contribution in [0.15, 0.2) is 10.7 Å². The topological polar surface area (TPSA) is 47.0 Å². The molecule has 1 aliphatic heterocycles. The van der Waals surface area contributed by atoms with Gasteiger partial charge >= 0.3 is 0 Å². The number of hydrogen-bond acceptors (Lipinski definition) is 4. The van der Waals surface area contributed by atoms with Crippen molar-refractivity contribution < 1.29 is 4.74 Å². The summed E-state index contributed by atoms with van der Waals surface area (Å²) >= 11 is 3.37. The molecule has 1 aromatic heterocycles. The number of ether oxygens (including phenoxy) is 1. The monoisotopic (exact) mass is 299 g/mol. The molecule has 0 aromatic carbocycles. The van der Waals surface area contributed by atoms with Gasteiger partial charge in [-0.1, -0.05) is 0 Å². The van der Waals surface area contributed by atoms with Gasteiger partial charge in [-0.05, 0) is 48.5 Å². The van der Waals surface area contributed by atoms with Crippen LogP contribution in [0.4, 0.5) is 5.82 Å². The maximum Gasteiger partial charge on any atom is 0.130 e. The quantitative estimate of drug-likeness (QED) is 0.869. The molecule has 1 aliphatic rings. The summed E-state index contributed by atoms with van der Waals surface area (Å²) in [5, 5.41) is 3.31. The molecule has 2 rings (SSSR count). The average molecular weight is 300 g/mol. The number of halogens is 1. The Hall–Kier alpha value is -0.680. The van der Waals surface area contributed by atoms with Crippen molar-refractivity contribution in [2.45, 2.75) is 38.7 Å². The molecule has 0 bridgehead atoms. The van der Waals surface area contributed by atoms with Gasteiger partial charge in [-0.25, -0.2) is 9.97 Å². The predicted molar refractivity (Wildman–Crippen MR) is 71.2 cm³/mol. The van der Waals surface area contributed by atoms with Crippen LogP contribution in [0, 0.1) is 6.92 Å². The Morgan fingerprint density at radius 1 is 1.47 bits per heavy atom. The molecule has 1 fully saturated rings. The van der Waals surface area contributed by atoms with Gasteiger partial charge in [0.05, 0.1) is 6.10 Å². The van der Waals surface area contributed by atoms with Gasteiger partial charge < -0.3 is 10.1 Å². The number of nitrogens with zero attached hydrogens (tertiary/aromatic N) is 2. The van der Waals surface area contributed by atoms with E-state index in [2.05, 4.69) is 31.2 Å². The molecule has 1 unspecified atom stereocenters. The minimum atomic E-state index is 0.419. The Bertz CT molecular complexity index is 347. The van der Waals surface area contributed by atoms with Crippen molar-refractivity contribution >= 4 is 21.7 Å². The second-order valence-corrected chi connectivity index (χ2v) is 5.14. The third kappa shape index (κ3) is 4.24. The number of aryl methyl sites for hydroxylation is 1. The highest BCUT2D eigenvalue weighted by Crippen LogP contribution is 2.16. The molecule has 5 heteroatoms. The summed E-state index contributed by atoms with van der Waals surface area (Å²) in [6, 6.07) is 1.90. The van der Waals surface area contributed by atoms with E-state index in [0.717, 1.165) is 35.8 Å². The van der Waals surface area contributed by atoms with Crippen LogP contribution in [-0.2, 0) is 4.74 Å². The minimum Gasteiger partial charge on any atom is -0.378 e. The first-order valence-electron chi connectivity index (χ1n) is 6.11. The fourth-order valence-corrected chi connectivity index (χ4v) is 2.49. The lowest BCUT2D eigenvalue weighted by Gasteiger charge is -2.22. The van der Waals surface area contributed by atoms with Crippen LogP contribution in [-0.4, -0.2) is 29.2 Å². The molecule has 2 heterocycles. The second kappa shape index (κ2) is 6.31. The minimum absolute atomic E-state index is 0.419. The number of anilines is 1. The van der Waals surface area contributed by atoms with Crippen molar-refractivity contribution in [2.24, 2.45) is 0 Å². The first-order chi connectivity index (χ1) is 8.24. The largest absolute Gasteiger partial charge is 0.378 e. The van der Waals surface area contributed by atoms with Crippen LogP contribution >= 0.6 is 15.9 Å². The van der Waals surface area contributed by atoms with Crippen LogP contribution in [0.5, 0.6) is 0 Å². The molecule has 1 saturated heterocycles. The first-order valence-corrected chi connectivity index (χ1v) is 6.90. The Kier molecular flexibility index (Phi) is 4.74. The van der Waals surface area contributed by atoms with Gasteiger partial charge in [0, 0.05) is 19.2 Å². The third-order valence-corrected chi connectivity index (χ3v) is 3.26. The zero-order chi connectivity index (χ0) is 12.1. The lowest BCUT2D eigenvalue weighted by atomic mass is 10.1. The van der Waals surface area contributed by atoms with Gasteiger partial charge in [0.1, 0.15) is 16.2 Å². The van der Waals surface area contributed by atoms with Gasteiger partial charge in [0.15, 0.2) is 0 Å². The van der Waals surface area contributed by atoms with Gasteiger partial charge in [-0.2, -0.15) is 0 Å². The first kappa shape index (κ1) is 12.8. The zero-order valence-electron chi connectivity index (χ0n) is 10.1. The van der Waals surface area contributed by atoms with Crippen LogP contribution in [0.2, 0.25) is 0 Å². The summed E-state index contributed by atoms with van der Waals surface area (Å²) in [4.78, 5) is 8.50. The maximum atomic E-state index is 5.68. The van der Waals surface area contributed by atoms with Crippen LogP contribution in [0.25, 0.3) is 0 Å². The van der Waals surface area contributed by atoms with Crippen molar-refractivity contribution in [3.8, 4) is 0 Å². The van der Waals surface area contributed by atoms with Crippen molar-refractivity contribution in [3.63, 3.8) is 0 Å². The summed E-state index contributed by atoms with van der Waals surface area (Å²) in [5.41, 5.74) is 0. The Morgan fingerprint density at radius 2 is 2.35 bits per heavy atom. The third-order valence-electron chi connectivity index (χ3n) is 2.85. The van der Waals surface area contributed by atoms with E-state index in [9.17, 15) is 0 Å². The van der Waals surface area contributed by atoms with Gasteiger partial charge in [-0.15, -0.1) is 0 Å². The van der Waals surface area contributed by atoms with E-state index in [0.29, 0.717) is 6.10 Å². The molecule has 0 radical (unpaired) electrons. The number of aromatic nitrogens is 2. The highest BCUT2D eigenvalue weighted by atomic mass is 79.9. The van der Waals surface area contributed by atoms with E-state index in [1.807, 2.05) is 13.0 Å². The van der Waals surface area contributed by atoms with Crippen LogP contribution in [0.3, 0.4) is 0 Å². The Balaban J connectivity index is 1.77. The number of rotatable bonds is 4. The molecule has 0 amide bonds. The smallest absolute Gasteiger partial charge is 0.130 e. The zero-order valence-corrected chi connectivity index (χ0v) is 11.7. The lowest BCUT2D eigenvalue weighted by Crippen LogP contribution is -2.22. The van der Waals surface area contributed by atoms with Crippen molar-refractivity contribution in [2.75, 3.05) is 18.5 Å². The Labute approximate surface area is 110 Å². The van der Waals surface area contributed by atoms with E-state index in [1.165, 1.54) is 19.3 Å². The molecule has 1 N–H and O–H groups in total. The van der Waals surface area contributed by atoms with Gasteiger partial charge in [0.2, 0.25) is 0 Å². The van der Waals surface area contributed by atoms with Crippen LogP contribution in [0.1, 0.15) is 31.5 Å². The van der Waals surface area contributed by atoms with Crippen molar-refractivity contribution in [1.29, 1.82) is 0 Å². The highest BCUT2D eigenvalue weighted by molar-refractivity contribution is 9.10. The van der Waals surface area contributed by atoms with Crippen molar-refractivity contribution in [1.82, 2.24) is 9.97 Å². The summed E-state index contributed by atoms with van der Waals surface area (Å²) in [6.45, 7) is 3.70. The molecule has 94 valence electrons. The molecule has 0 aliphatic carbocycles. The summed E-state index contributed by atoms with van der Waals surface area (Å²) < 4.78 is 6.50. The highest BCUT2D eigenvalue weighted by Gasteiger charge is 2.13. The fraction of sp³-hybridized carbons (Fsp3) is 0.667. The van der Waals surface area contributed by atoms with Crippen molar-refractivity contribution in [3.05, 3.63) is 16.5 Å². The predicted octanol–water partition coefficient (Wildman–Crippen LogP) is 2.92. The number of nitrogens with one attached hydrogen (secondary N) is 1. The van der Waals surface area contributed by atoms with E-state index < -0.39 is 0 Å². The molecule has 17 heavy (non-hydrogen) atoms. The van der Waals surface area contributed by atoms with E-state index >= 15 is 0 Å². The standard InChI is InChI=1S/C12H18BrN3O/c1-9-15-11(13)8-12(16-9)14-6-5-10-4-2-3-7-17-10/h8,10H,2-7H2,1H3,(H,14,15,16). The molecular formula is C12H18BrN3O. The van der Waals surface area contributed by atoms with E-state index in [1.54, 1.807) is 0 Å². The van der Waals surface area contributed by atoms with Gasteiger partial charge in [-0.3, -0.25) is 0 Å². The molecule has 0 saturated carbocycles. The SMILES string of the molecule is Cc1nc(Br)cc(NCCC2CCCCO2)n1. The van der Waals surface area contributed by atoms with Crippen LogP contribution < -0.4 is 5.32 Å². The number of hydrogen-bond donors (Lipinski definition) is 1. The molecule has 4 nitrogen and oxygen atoms in total. The molecule has 1 atom stereocenters. The van der Waals surface area contributed by atoms with E-state index in [4.69, 9.17) is 4.74 Å². The average Bonchev–Trinajstić information content (AvgIpc) is 2.29. The second-order valence-electron chi connectivity index (χ2n) is 4.33. The fourth-order valence-electron chi connectivity index (χ4n) is 2.02. The maximum absolute atomic E-state index is 5.68. The molecule has 0 spiro atoms. The lowest BCUT2D eigenvalue weighted by molar-refractivity contribution is 0.0134. The summed E-state index contributed by atoms with van der Waals surface area (Å²) in [6.07, 6.45) is 5.15.